The quantitative estimate of drug-likeness (QED) is 0.590. The Morgan fingerprint density at radius 1 is 1.09 bits per heavy atom. The van der Waals surface area contributed by atoms with Crippen LogP contribution in [0.25, 0.3) is 11.3 Å². The Kier molecular flexibility index (Phi) is 12.5. The second kappa shape index (κ2) is 14.0. The average Bonchev–Trinajstić information content (AvgIpc) is 3.19. The molecule has 2 saturated heterocycles. The van der Waals surface area contributed by atoms with Crippen LogP contribution in [0.1, 0.15) is 26.7 Å². The van der Waals surface area contributed by atoms with Crippen molar-refractivity contribution in [2.24, 2.45) is 0 Å². The molecule has 186 valence electrons. The Morgan fingerprint density at radius 2 is 1.91 bits per heavy atom. The average molecular weight is 521 g/mol. The van der Waals surface area contributed by atoms with Gasteiger partial charge in [0.1, 0.15) is 11.8 Å². The highest BCUT2D eigenvalue weighted by Gasteiger charge is 2.28. The number of rotatable bonds is 7. The van der Waals surface area contributed by atoms with E-state index in [1.54, 1.807) is 6.20 Å². The Hall–Kier alpha value is -1.51. The molecule has 4 rings (SSSR count). The van der Waals surface area contributed by atoms with Gasteiger partial charge in [0.05, 0.1) is 17.9 Å². The van der Waals surface area contributed by atoms with Gasteiger partial charge in [-0.2, -0.15) is 0 Å². The SMILES string of the molecule is CCOc1ncccc1-c1ccc(N2CCNC[C@H]2CC)c(O[C@@H]2CCN(C)C2)n1.Cl.Cl.Cl. The van der Waals surface area contributed by atoms with Gasteiger partial charge in [-0.15, -0.1) is 37.2 Å². The van der Waals surface area contributed by atoms with Crippen molar-refractivity contribution in [2.75, 3.05) is 51.3 Å². The summed E-state index contributed by atoms with van der Waals surface area (Å²) in [6.07, 6.45) is 4.02. The van der Waals surface area contributed by atoms with Crippen LogP contribution in [0, 0.1) is 0 Å². The topological polar surface area (TPSA) is 62.8 Å². The molecule has 0 bridgehead atoms. The molecule has 0 unspecified atom stereocenters. The zero-order chi connectivity index (χ0) is 20.9. The summed E-state index contributed by atoms with van der Waals surface area (Å²) < 4.78 is 12.3. The molecule has 0 aliphatic carbocycles. The smallest absolute Gasteiger partial charge is 0.238 e. The van der Waals surface area contributed by atoms with Crippen LogP contribution >= 0.6 is 37.2 Å². The van der Waals surface area contributed by atoms with Crippen LogP contribution < -0.4 is 19.7 Å². The van der Waals surface area contributed by atoms with Gasteiger partial charge in [0.15, 0.2) is 0 Å². The number of hydrogen-bond donors (Lipinski definition) is 1. The van der Waals surface area contributed by atoms with E-state index in [4.69, 9.17) is 14.5 Å². The van der Waals surface area contributed by atoms with Crippen molar-refractivity contribution in [3.8, 4) is 23.0 Å². The second-order valence-electron chi connectivity index (χ2n) is 8.06. The van der Waals surface area contributed by atoms with E-state index < -0.39 is 0 Å². The zero-order valence-corrected chi connectivity index (χ0v) is 22.0. The predicted molar refractivity (Wildman–Crippen MR) is 141 cm³/mol. The number of nitrogens with zero attached hydrogens (tertiary/aromatic N) is 4. The molecule has 2 aliphatic heterocycles. The Morgan fingerprint density at radius 3 is 2.61 bits per heavy atom. The number of halogens is 3. The van der Waals surface area contributed by atoms with Crippen LogP contribution in [-0.2, 0) is 0 Å². The maximum Gasteiger partial charge on any atom is 0.238 e. The lowest BCUT2D eigenvalue weighted by atomic mass is 10.1. The second-order valence-corrected chi connectivity index (χ2v) is 8.06. The number of likely N-dealkylation sites (N-methyl/N-ethyl adjacent to an activating group) is 1. The summed E-state index contributed by atoms with van der Waals surface area (Å²) >= 11 is 0. The lowest BCUT2D eigenvalue weighted by Gasteiger charge is -2.38. The summed E-state index contributed by atoms with van der Waals surface area (Å²) in [6.45, 7) is 9.68. The highest BCUT2D eigenvalue weighted by molar-refractivity contribution is 5.86. The number of anilines is 1. The largest absolute Gasteiger partial charge is 0.477 e. The Labute approximate surface area is 215 Å². The number of piperazine rings is 1. The van der Waals surface area contributed by atoms with Gasteiger partial charge in [-0.1, -0.05) is 6.92 Å². The number of ether oxygens (including phenoxy) is 2. The van der Waals surface area contributed by atoms with Crippen LogP contribution in [-0.4, -0.2) is 73.4 Å². The van der Waals surface area contributed by atoms with Crippen molar-refractivity contribution in [3.05, 3.63) is 30.5 Å². The molecule has 0 radical (unpaired) electrons. The molecule has 7 nitrogen and oxygen atoms in total. The lowest BCUT2D eigenvalue weighted by molar-refractivity contribution is 0.200. The van der Waals surface area contributed by atoms with Gasteiger partial charge in [0.2, 0.25) is 11.8 Å². The number of aromatic nitrogens is 2. The van der Waals surface area contributed by atoms with E-state index in [-0.39, 0.29) is 43.3 Å². The molecular formula is C23H36Cl3N5O2. The van der Waals surface area contributed by atoms with Crippen molar-refractivity contribution >= 4 is 42.9 Å². The van der Waals surface area contributed by atoms with Gasteiger partial charge in [-0.3, -0.25) is 0 Å². The fraction of sp³-hybridized carbons (Fsp3) is 0.565. The third-order valence-electron chi connectivity index (χ3n) is 5.93. The summed E-state index contributed by atoms with van der Waals surface area (Å²) in [6, 6.07) is 8.60. The highest BCUT2D eigenvalue weighted by atomic mass is 35.5. The molecule has 4 heterocycles. The summed E-state index contributed by atoms with van der Waals surface area (Å²) in [5.41, 5.74) is 2.81. The third kappa shape index (κ3) is 6.99. The van der Waals surface area contributed by atoms with Gasteiger partial charge >= 0.3 is 0 Å². The van der Waals surface area contributed by atoms with Crippen LogP contribution in [0.3, 0.4) is 0 Å². The Bertz CT molecular complexity index is 861. The van der Waals surface area contributed by atoms with Gasteiger partial charge in [-0.25, -0.2) is 9.97 Å². The molecule has 0 amide bonds. The molecule has 10 heteroatoms. The van der Waals surface area contributed by atoms with E-state index in [0.29, 0.717) is 18.5 Å². The molecule has 2 aromatic rings. The van der Waals surface area contributed by atoms with Crippen LogP contribution in [0.2, 0.25) is 0 Å². The van der Waals surface area contributed by atoms with E-state index in [9.17, 15) is 0 Å². The van der Waals surface area contributed by atoms with E-state index in [1.165, 1.54) is 0 Å². The van der Waals surface area contributed by atoms with E-state index >= 15 is 0 Å². The summed E-state index contributed by atoms with van der Waals surface area (Å²) in [5.74, 6) is 1.33. The first-order valence-corrected chi connectivity index (χ1v) is 11.1. The molecule has 0 spiro atoms. The minimum atomic E-state index is 0. The molecule has 1 N–H and O–H groups in total. The zero-order valence-electron chi connectivity index (χ0n) is 19.5. The first kappa shape index (κ1) is 29.5. The van der Waals surface area contributed by atoms with Crippen molar-refractivity contribution in [1.82, 2.24) is 20.2 Å². The minimum absolute atomic E-state index is 0. The predicted octanol–water partition coefficient (Wildman–Crippen LogP) is 4.08. The van der Waals surface area contributed by atoms with Crippen molar-refractivity contribution in [2.45, 2.75) is 38.8 Å². The molecule has 33 heavy (non-hydrogen) atoms. The molecule has 2 aromatic heterocycles. The molecular weight excluding hydrogens is 485 g/mol. The van der Waals surface area contributed by atoms with Crippen LogP contribution in [0.15, 0.2) is 30.5 Å². The fourth-order valence-corrected chi connectivity index (χ4v) is 4.32. The number of hydrogen-bond acceptors (Lipinski definition) is 7. The summed E-state index contributed by atoms with van der Waals surface area (Å²) in [5, 5.41) is 3.51. The van der Waals surface area contributed by atoms with Crippen LogP contribution in [0.4, 0.5) is 5.69 Å². The van der Waals surface area contributed by atoms with Gasteiger partial charge in [-0.05, 0) is 51.1 Å². The molecule has 2 aliphatic rings. The molecule has 2 atom stereocenters. The molecule has 0 aromatic carbocycles. The lowest BCUT2D eigenvalue weighted by Crippen LogP contribution is -2.51. The van der Waals surface area contributed by atoms with Gasteiger partial charge in [0, 0.05) is 45.0 Å². The van der Waals surface area contributed by atoms with Crippen molar-refractivity contribution < 1.29 is 9.47 Å². The van der Waals surface area contributed by atoms with E-state index in [2.05, 4.69) is 46.2 Å². The molecule has 2 fully saturated rings. The van der Waals surface area contributed by atoms with Crippen LogP contribution in [0.5, 0.6) is 11.8 Å². The van der Waals surface area contributed by atoms with Gasteiger partial charge < -0.3 is 24.6 Å². The number of nitrogens with one attached hydrogen (secondary N) is 1. The molecule has 0 saturated carbocycles. The maximum atomic E-state index is 6.51. The fourth-order valence-electron chi connectivity index (χ4n) is 4.32. The minimum Gasteiger partial charge on any atom is -0.477 e. The number of pyridine rings is 2. The van der Waals surface area contributed by atoms with Gasteiger partial charge in [0.25, 0.3) is 0 Å². The third-order valence-corrected chi connectivity index (χ3v) is 5.93. The maximum absolute atomic E-state index is 6.51. The summed E-state index contributed by atoms with van der Waals surface area (Å²) in [7, 11) is 2.14. The van der Waals surface area contributed by atoms with Crippen molar-refractivity contribution in [3.63, 3.8) is 0 Å². The first-order valence-electron chi connectivity index (χ1n) is 11.1. The number of likely N-dealkylation sites (tertiary alicyclic amines) is 1. The summed E-state index contributed by atoms with van der Waals surface area (Å²) in [4.78, 5) is 14.2. The monoisotopic (exact) mass is 519 g/mol. The van der Waals surface area contributed by atoms with Crippen molar-refractivity contribution in [1.29, 1.82) is 0 Å². The van der Waals surface area contributed by atoms with E-state index in [0.717, 1.165) is 68.4 Å². The standard InChI is InChI=1S/C23H33N5O2.3ClH/c1-4-17-15-24-12-14-28(17)21-9-8-20(19-7-6-11-25-22(19)29-5-2)26-23(21)30-18-10-13-27(3)16-18;;;/h6-9,11,17-18,24H,4-5,10,12-16H2,1-3H3;3*1H/t17-,18-;;;/m1.../s1. The highest BCUT2D eigenvalue weighted by Crippen LogP contribution is 2.35. The Balaban J connectivity index is 0.00000181. The normalized spacial score (nSPS) is 20.3. The van der Waals surface area contributed by atoms with E-state index in [1.807, 2.05) is 19.1 Å². The first-order chi connectivity index (χ1) is 14.7.